The van der Waals surface area contributed by atoms with Gasteiger partial charge in [-0.25, -0.2) is 18.7 Å². The predicted molar refractivity (Wildman–Crippen MR) is 168 cm³/mol. The van der Waals surface area contributed by atoms with E-state index in [0.717, 1.165) is 18.2 Å². The summed E-state index contributed by atoms with van der Waals surface area (Å²) in [6, 6.07) is 5.37. The number of hydrogen-bond acceptors (Lipinski definition) is 7. The molecule has 14 heteroatoms. The lowest BCUT2D eigenvalue weighted by Crippen LogP contribution is -2.54. The average molecular weight is 661 g/mol. The Morgan fingerprint density at radius 3 is 2.56 bits per heavy atom. The van der Waals surface area contributed by atoms with E-state index >= 15 is 4.39 Å². The second-order valence-electron chi connectivity index (χ2n) is 10.8. The number of alkyl halides is 3. The van der Waals surface area contributed by atoms with Crippen LogP contribution >= 0.6 is 23.4 Å². The van der Waals surface area contributed by atoms with Crippen molar-refractivity contribution >= 4 is 46.1 Å². The molecule has 3 aromatic heterocycles. The zero-order valence-electron chi connectivity index (χ0n) is 24.8. The van der Waals surface area contributed by atoms with Gasteiger partial charge in [0.05, 0.1) is 33.0 Å². The summed E-state index contributed by atoms with van der Waals surface area (Å²) in [7, 11) is 0. The van der Waals surface area contributed by atoms with E-state index in [-0.39, 0.29) is 46.3 Å². The van der Waals surface area contributed by atoms with Gasteiger partial charge >= 0.3 is 11.9 Å². The fourth-order valence-electron chi connectivity index (χ4n) is 5.57. The van der Waals surface area contributed by atoms with Gasteiger partial charge in [-0.2, -0.15) is 18.2 Å². The Kier molecular flexibility index (Phi) is 8.96. The largest absolute Gasteiger partial charge is 0.417 e. The third kappa shape index (κ3) is 5.90. The van der Waals surface area contributed by atoms with Crippen molar-refractivity contribution in [2.45, 2.75) is 43.8 Å². The molecule has 0 aliphatic carbocycles. The highest BCUT2D eigenvalue weighted by molar-refractivity contribution is 7.98. The number of thioether (sulfide) groups is 1. The lowest BCUT2D eigenvalue weighted by Gasteiger charge is -2.40. The molecule has 1 aromatic carbocycles. The molecule has 5 rings (SSSR count). The molecule has 1 saturated heterocycles. The topological polar surface area (TPSA) is 84.2 Å². The first kappa shape index (κ1) is 32.4. The van der Waals surface area contributed by atoms with Gasteiger partial charge in [-0.1, -0.05) is 38.1 Å². The molecule has 0 spiro atoms. The van der Waals surface area contributed by atoms with E-state index in [9.17, 15) is 22.8 Å². The smallest absolute Gasteiger partial charge is 0.350 e. The van der Waals surface area contributed by atoms with Gasteiger partial charge in [0.15, 0.2) is 5.65 Å². The van der Waals surface area contributed by atoms with Crippen LogP contribution in [-0.2, 0) is 11.0 Å². The average Bonchev–Trinajstić information content (AvgIpc) is 2.99. The van der Waals surface area contributed by atoms with Gasteiger partial charge in [0.2, 0.25) is 5.91 Å². The van der Waals surface area contributed by atoms with Crippen LogP contribution in [0.2, 0.25) is 5.02 Å². The molecule has 236 valence electrons. The summed E-state index contributed by atoms with van der Waals surface area (Å²) >= 11 is 7.97. The Morgan fingerprint density at radius 2 is 1.93 bits per heavy atom. The van der Waals surface area contributed by atoms with E-state index in [2.05, 4.69) is 21.5 Å². The van der Waals surface area contributed by atoms with Crippen LogP contribution in [0.25, 0.3) is 28.0 Å². The van der Waals surface area contributed by atoms with Gasteiger partial charge in [-0.3, -0.25) is 9.78 Å². The molecule has 0 bridgehead atoms. The first-order chi connectivity index (χ1) is 21.3. The molecular weight excluding hydrogens is 632 g/mol. The number of carbonyl (C=O) groups is 1. The zero-order valence-corrected chi connectivity index (χ0v) is 26.4. The van der Waals surface area contributed by atoms with Crippen molar-refractivity contribution in [3.05, 3.63) is 81.8 Å². The minimum absolute atomic E-state index is 0.0669. The van der Waals surface area contributed by atoms with Gasteiger partial charge in [0.1, 0.15) is 11.6 Å². The third-order valence-electron chi connectivity index (χ3n) is 7.65. The summed E-state index contributed by atoms with van der Waals surface area (Å²) in [6.07, 6.45) is -0.271. The monoisotopic (exact) mass is 660 g/mol. The highest BCUT2D eigenvalue weighted by Gasteiger charge is 2.37. The molecule has 0 unspecified atom stereocenters. The van der Waals surface area contributed by atoms with Crippen molar-refractivity contribution < 1.29 is 22.4 Å². The Balaban J connectivity index is 1.88. The van der Waals surface area contributed by atoms with E-state index in [1.54, 1.807) is 17.2 Å². The van der Waals surface area contributed by atoms with Crippen LogP contribution in [0, 0.1) is 5.82 Å². The van der Waals surface area contributed by atoms with Crippen molar-refractivity contribution in [3.63, 3.8) is 0 Å². The number of benzene rings is 1. The zero-order chi connectivity index (χ0) is 32.8. The van der Waals surface area contributed by atoms with Gasteiger partial charge in [-0.05, 0) is 49.4 Å². The van der Waals surface area contributed by atoms with Crippen LogP contribution < -0.4 is 10.6 Å². The SMILES string of the molecule is C=CC(=O)N1CCN(c2nc(=O)n(-c3c(SC)ccnc3C(C)C)c3nc(-c4c(F)cccc4C(F)(F)F)c(Cl)cc23)[C@@H](C)C1. The Bertz CT molecular complexity index is 1880. The molecule has 1 amide bonds. The van der Waals surface area contributed by atoms with Crippen LogP contribution in [0.15, 0.2) is 58.9 Å². The number of nitrogens with zero attached hydrogens (tertiary/aromatic N) is 6. The number of anilines is 1. The number of hydrogen-bond donors (Lipinski definition) is 0. The number of piperazine rings is 1. The van der Waals surface area contributed by atoms with Crippen LogP contribution in [0.4, 0.5) is 23.4 Å². The van der Waals surface area contributed by atoms with Gasteiger partial charge in [0.25, 0.3) is 0 Å². The molecule has 45 heavy (non-hydrogen) atoms. The van der Waals surface area contributed by atoms with Crippen LogP contribution in [0.5, 0.6) is 0 Å². The fraction of sp³-hybridized carbons (Fsp3) is 0.323. The first-order valence-corrected chi connectivity index (χ1v) is 15.6. The van der Waals surface area contributed by atoms with Gasteiger partial charge < -0.3 is 9.80 Å². The normalized spacial score (nSPS) is 15.6. The molecule has 1 atom stereocenters. The molecule has 4 aromatic rings. The maximum absolute atomic E-state index is 15.2. The minimum atomic E-state index is -4.92. The molecule has 0 saturated carbocycles. The van der Waals surface area contributed by atoms with E-state index < -0.39 is 34.5 Å². The second kappa shape index (κ2) is 12.4. The molecule has 1 aliphatic rings. The Morgan fingerprint density at radius 1 is 1.20 bits per heavy atom. The molecule has 0 radical (unpaired) electrons. The van der Waals surface area contributed by atoms with Crippen molar-refractivity contribution in [2.75, 3.05) is 30.8 Å². The number of aromatic nitrogens is 4. The van der Waals surface area contributed by atoms with Crippen LogP contribution in [-0.4, -0.2) is 62.3 Å². The van der Waals surface area contributed by atoms with Crippen molar-refractivity contribution in [1.29, 1.82) is 0 Å². The number of pyridine rings is 2. The van der Waals surface area contributed by atoms with Crippen molar-refractivity contribution in [3.8, 4) is 16.9 Å². The molecule has 4 heterocycles. The Hall–Kier alpha value is -3.97. The summed E-state index contributed by atoms with van der Waals surface area (Å²) in [6.45, 7) is 10.1. The molecule has 0 N–H and O–H groups in total. The summed E-state index contributed by atoms with van der Waals surface area (Å²) in [5.74, 6) is -1.39. The second-order valence-corrected chi connectivity index (χ2v) is 12.1. The number of amides is 1. The van der Waals surface area contributed by atoms with E-state index in [1.165, 1.54) is 28.5 Å². The summed E-state index contributed by atoms with van der Waals surface area (Å²) < 4.78 is 58.8. The maximum atomic E-state index is 15.2. The van der Waals surface area contributed by atoms with E-state index in [4.69, 9.17) is 11.6 Å². The van der Waals surface area contributed by atoms with Crippen molar-refractivity contribution in [2.24, 2.45) is 0 Å². The highest BCUT2D eigenvalue weighted by atomic mass is 35.5. The quantitative estimate of drug-likeness (QED) is 0.129. The lowest BCUT2D eigenvalue weighted by atomic mass is 10.0. The number of fused-ring (bicyclic) bond motifs is 1. The van der Waals surface area contributed by atoms with Gasteiger partial charge in [0, 0.05) is 42.3 Å². The van der Waals surface area contributed by atoms with E-state index in [0.29, 0.717) is 29.4 Å². The predicted octanol–water partition coefficient (Wildman–Crippen LogP) is 6.72. The fourth-order valence-corrected chi connectivity index (χ4v) is 6.40. The molecular formula is C31H29ClF4N6O2S. The van der Waals surface area contributed by atoms with Gasteiger partial charge in [-0.15, -0.1) is 11.8 Å². The first-order valence-electron chi connectivity index (χ1n) is 14.0. The third-order valence-corrected chi connectivity index (χ3v) is 8.71. The number of halogens is 5. The number of carbonyl (C=O) groups excluding carboxylic acids is 1. The van der Waals surface area contributed by atoms with Crippen molar-refractivity contribution in [1.82, 2.24) is 24.4 Å². The van der Waals surface area contributed by atoms with E-state index in [1.807, 2.05) is 31.9 Å². The lowest BCUT2D eigenvalue weighted by molar-refractivity contribution is -0.137. The van der Waals surface area contributed by atoms with Crippen LogP contribution in [0.1, 0.15) is 37.9 Å². The standard InChI is InChI=1S/C31H29ClF4N6O2S/c1-6-23(43)40-12-13-41(17(4)15-40)28-18-14-20(32)26(24-19(31(34,35)36)8-7-9-21(24)33)38-29(18)42(30(44)39-28)27-22(45-5)10-11-37-25(27)16(2)3/h6-11,14,16-17H,1,12-13,15H2,2-5H3/t17-/m0/s1. The maximum Gasteiger partial charge on any atom is 0.417 e. The summed E-state index contributed by atoms with van der Waals surface area (Å²) in [4.78, 5) is 44.0. The molecule has 1 aliphatic heterocycles. The highest BCUT2D eigenvalue weighted by Crippen LogP contribution is 2.42. The number of rotatable bonds is 6. The van der Waals surface area contributed by atoms with Crippen LogP contribution in [0.3, 0.4) is 0 Å². The molecule has 1 fully saturated rings. The summed E-state index contributed by atoms with van der Waals surface area (Å²) in [5, 5.41) is -0.00552. The Labute approximate surface area is 265 Å². The molecule has 8 nitrogen and oxygen atoms in total. The summed E-state index contributed by atoms with van der Waals surface area (Å²) in [5.41, 5.74) is -2.49. The minimum Gasteiger partial charge on any atom is -0.350 e.